The summed E-state index contributed by atoms with van der Waals surface area (Å²) in [5.41, 5.74) is 4.71. The smallest absolute Gasteiger partial charge is 0.238 e. The SMILES string of the molecule is CNC(C)(CSCC(C)C)C(N)=O. The molecule has 0 aromatic rings. The second-order valence-corrected chi connectivity index (χ2v) is 4.89. The van der Waals surface area contributed by atoms with Gasteiger partial charge in [0, 0.05) is 5.75 Å². The first-order chi connectivity index (χ1) is 5.92. The van der Waals surface area contributed by atoms with Crippen molar-refractivity contribution in [1.29, 1.82) is 0 Å². The number of carbonyl (C=O) groups excluding carboxylic acids is 1. The molecule has 0 rings (SSSR count). The molecule has 0 bridgehead atoms. The van der Waals surface area contributed by atoms with Crippen LogP contribution < -0.4 is 11.1 Å². The fourth-order valence-corrected chi connectivity index (χ4v) is 2.05. The highest BCUT2D eigenvalue weighted by Gasteiger charge is 2.28. The number of rotatable bonds is 6. The number of nitrogens with two attached hydrogens (primary N) is 1. The summed E-state index contributed by atoms with van der Waals surface area (Å²) in [6.07, 6.45) is 0. The zero-order valence-corrected chi connectivity index (χ0v) is 9.70. The highest BCUT2D eigenvalue weighted by atomic mass is 32.2. The maximum Gasteiger partial charge on any atom is 0.238 e. The average molecular weight is 204 g/mol. The van der Waals surface area contributed by atoms with Crippen LogP contribution >= 0.6 is 11.8 Å². The zero-order chi connectivity index (χ0) is 10.5. The van der Waals surface area contributed by atoms with E-state index in [1.165, 1.54) is 0 Å². The van der Waals surface area contributed by atoms with Crippen LogP contribution in [0.3, 0.4) is 0 Å². The first-order valence-corrected chi connectivity index (χ1v) is 5.64. The Bertz CT molecular complexity index is 173. The van der Waals surface area contributed by atoms with Crippen molar-refractivity contribution in [3.63, 3.8) is 0 Å². The molecule has 0 aliphatic heterocycles. The van der Waals surface area contributed by atoms with Crippen molar-refractivity contribution in [2.45, 2.75) is 26.3 Å². The molecule has 0 aliphatic rings. The van der Waals surface area contributed by atoms with E-state index in [4.69, 9.17) is 5.73 Å². The second kappa shape index (κ2) is 5.50. The van der Waals surface area contributed by atoms with Gasteiger partial charge in [-0.25, -0.2) is 0 Å². The van der Waals surface area contributed by atoms with E-state index in [0.717, 1.165) is 11.5 Å². The van der Waals surface area contributed by atoms with Crippen molar-refractivity contribution in [2.75, 3.05) is 18.6 Å². The molecule has 78 valence electrons. The minimum absolute atomic E-state index is 0.286. The van der Waals surface area contributed by atoms with Crippen LogP contribution in [0.15, 0.2) is 0 Å². The minimum atomic E-state index is -0.570. The molecule has 0 saturated heterocycles. The Morgan fingerprint density at radius 2 is 2.15 bits per heavy atom. The Balaban J connectivity index is 3.92. The Morgan fingerprint density at radius 1 is 1.62 bits per heavy atom. The van der Waals surface area contributed by atoms with Crippen molar-refractivity contribution in [3.05, 3.63) is 0 Å². The highest BCUT2D eigenvalue weighted by Crippen LogP contribution is 2.15. The van der Waals surface area contributed by atoms with E-state index >= 15 is 0 Å². The molecule has 1 amide bonds. The third-order valence-corrected chi connectivity index (χ3v) is 3.62. The van der Waals surface area contributed by atoms with E-state index in [1.54, 1.807) is 18.8 Å². The zero-order valence-electron chi connectivity index (χ0n) is 8.89. The van der Waals surface area contributed by atoms with Gasteiger partial charge in [0.05, 0.1) is 0 Å². The van der Waals surface area contributed by atoms with Gasteiger partial charge >= 0.3 is 0 Å². The van der Waals surface area contributed by atoms with Crippen LogP contribution in [-0.4, -0.2) is 30.0 Å². The fourth-order valence-electron chi connectivity index (χ4n) is 0.765. The van der Waals surface area contributed by atoms with E-state index in [1.807, 2.05) is 6.92 Å². The molecule has 0 aromatic carbocycles. The third kappa shape index (κ3) is 4.52. The van der Waals surface area contributed by atoms with Crippen LogP contribution in [0.5, 0.6) is 0 Å². The summed E-state index contributed by atoms with van der Waals surface area (Å²) in [4.78, 5) is 11.1. The van der Waals surface area contributed by atoms with Crippen molar-refractivity contribution >= 4 is 17.7 Å². The lowest BCUT2D eigenvalue weighted by Gasteiger charge is -2.25. The van der Waals surface area contributed by atoms with E-state index in [0.29, 0.717) is 5.92 Å². The van der Waals surface area contributed by atoms with Gasteiger partial charge in [-0.2, -0.15) is 11.8 Å². The van der Waals surface area contributed by atoms with Gasteiger partial charge in [0.1, 0.15) is 5.54 Å². The van der Waals surface area contributed by atoms with Crippen molar-refractivity contribution in [1.82, 2.24) is 5.32 Å². The topological polar surface area (TPSA) is 55.1 Å². The van der Waals surface area contributed by atoms with Gasteiger partial charge in [0.2, 0.25) is 5.91 Å². The molecule has 13 heavy (non-hydrogen) atoms. The van der Waals surface area contributed by atoms with E-state index < -0.39 is 5.54 Å². The molecule has 3 N–H and O–H groups in total. The molecule has 0 aliphatic carbocycles. The van der Waals surface area contributed by atoms with Gasteiger partial charge in [-0.15, -0.1) is 0 Å². The van der Waals surface area contributed by atoms with Crippen LogP contribution in [0.25, 0.3) is 0 Å². The summed E-state index contributed by atoms with van der Waals surface area (Å²) in [6, 6.07) is 0. The van der Waals surface area contributed by atoms with E-state index in [9.17, 15) is 4.79 Å². The summed E-state index contributed by atoms with van der Waals surface area (Å²) in [6.45, 7) is 6.16. The molecule has 4 heteroatoms. The fraction of sp³-hybridized carbons (Fsp3) is 0.889. The number of hydrogen-bond donors (Lipinski definition) is 2. The normalized spacial score (nSPS) is 15.8. The number of hydrogen-bond acceptors (Lipinski definition) is 3. The molecule has 0 spiro atoms. The third-order valence-electron chi connectivity index (χ3n) is 1.94. The summed E-state index contributed by atoms with van der Waals surface area (Å²) in [5.74, 6) is 2.16. The van der Waals surface area contributed by atoms with E-state index in [2.05, 4.69) is 19.2 Å². The highest BCUT2D eigenvalue weighted by molar-refractivity contribution is 7.99. The molecule has 0 fully saturated rings. The lowest BCUT2D eigenvalue weighted by Crippen LogP contribution is -2.53. The van der Waals surface area contributed by atoms with Crippen molar-refractivity contribution in [3.8, 4) is 0 Å². The molecular weight excluding hydrogens is 184 g/mol. The Kier molecular flexibility index (Phi) is 5.40. The molecule has 1 unspecified atom stereocenters. The molecular formula is C9H20N2OS. The summed E-state index contributed by atoms with van der Waals surface area (Å²) >= 11 is 1.76. The van der Waals surface area contributed by atoms with Crippen LogP contribution in [0.2, 0.25) is 0 Å². The maximum atomic E-state index is 11.1. The number of nitrogens with one attached hydrogen (secondary N) is 1. The van der Waals surface area contributed by atoms with Gasteiger partial charge in [0.25, 0.3) is 0 Å². The van der Waals surface area contributed by atoms with E-state index in [-0.39, 0.29) is 5.91 Å². The summed E-state index contributed by atoms with van der Waals surface area (Å²) in [7, 11) is 1.76. The summed E-state index contributed by atoms with van der Waals surface area (Å²) < 4.78 is 0. The second-order valence-electron chi connectivity index (χ2n) is 3.86. The Hall–Kier alpha value is -0.220. The van der Waals surface area contributed by atoms with Crippen molar-refractivity contribution < 1.29 is 4.79 Å². The molecule has 3 nitrogen and oxygen atoms in total. The average Bonchev–Trinajstić information content (AvgIpc) is 2.03. The first kappa shape index (κ1) is 12.8. The van der Waals surface area contributed by atoms with Gasteiger partial charge in [-0.05, 0) is 25.6 Å². The number of primary amides is 1. The van der Waals surface area contributed by atoms with Gasteiger partial charge < -0.3 is 11.1 Å². The van der Waals surface area contributed by atoms with Crippen LogP contribution in [0.1, 0.15) is 20.8 Å². The van der Waals surface area contributed by atoms with Gasteiger partial charge in [0.15, 0.2) is 0 Å². The van der Waals surface area contributed by atoms with Crippen LogP contribution in [0.4, 0.5) is 0 Å². The predicted molar refractivity (Wildman–Crippen MR) is 58.8 cm³/mol. The monoisotopic (exact) mass is 204 g/mol. The summed E-state index contributed by atoms with van der Waals surface area (Å²) in [5, 5.41) is 2.96. The number of carbonyl (C=O) groups is 1. The molecule has 1 atom stereocenters. The Labute approximate surface area is 84.8 Å². The molecule has 0 radical (unpaired) electrons. The number of thioether (sulfide) groups is 1. The van der Waals surface area contributed by atoms with Gasteiger partial charge in [-0.3, -0.25) is 4.79 Å². The molecule has 0 aromatic heterocycles. The lowest BCUT2D eigenvalue weighted by molar-refractivity contribution is -0.122. The van der Waals surface area contributed by atoms with Crippen molar-refractivity contribution in [2.24, 2.45) is 11.7 Å². The van der Waals surface area contributed by atoms with Gasteiger partial charge in [-0.1, -0.05) is 13.8 Å². The lowest BCUT2D eigenvalue weighted by atomic mass is 10.1. The number of likely N-dealkylation sites (N-methyl/N-ethyl adjacent to an activating group) is 1. The minimum Gasteiger partial charge on any atom is -0.368 e. The largest absolute Gasteiger partial charge is 0.368 e. The molecule has 0 saturated carbocycles. The quantitative estimate of drug-likeness (QED) is 0.674. The Morgan fingerprint density at radius 3 is 2.46 bits per heavy atom. The molecule has 0 heterocycles. The number of amides is 1. The maximum absolute atomic E-state index is 11.1. The standard InChI is InChI=1S/C9H20N2OS/c1-7(2)5-13-6-9(3,11-4)8(10)12/h7,11H,5-6H2,1-4H3,(H2,10,12). The predicted octanol–water partition coefficient (Wildman–Crippen LogP) is 0.839. The van der Waals surface area contributed by atoms with Crippen LogP contribution in [-0.2, 0) is 4.79 Å². The first-order valence-electron chi connectivity index (χ1n) is 4.49. The van der Waals surface area contributed by atoms with Crippen LogP contribution in [0, 0.1) is 5.92 Å².